The summed E-state index contributed by atoms with van der Waals surface area (Å²) in [5.74, 6) is 0. The summed E-state index contributed by atoms with van der Waals surface area (Å²) in [6.07, 6.45) is -1.69. The molecule has 2 aromatic heterocycles. The largest absolute Gasteiger partial charge is 0.416 e. The molecule has 2 heterocycles. The molecular weight excluding hydrogens is 261 g/mol. The minimum atomic E-state index is -4.40. The molecule has 0 fully saturated rings. The van der Waals surface area contributed by atoms with Crippen molar-refractivity contribution in [1.82, 2.24) is 4.98 Å². The fraction of sp³-hybridized carbons (Fsp3) is 0.250. The van der Waals surface area contributed by atoms with Gasteiger partial charge in [-0.1, -0.05) is 6.07 Å². The van der Waals surface area contributed by atoms with Gasteiger partial charge in [0.1, 0.15) is 0 Å². The van der Waals surface area contributed by atoms with E-state index in [-0.39, 0.29) is 5.56 Å². The van der Waals surface area contributed by atoms with Gasteiger partial charge >= 0.3 is 6.18 Å². The van der Waals surface area contributed by atoms with Gasteiger partial charge in [0.05, 0.1) is 5.56 Å². The molecule has 0 aromatic carbocycles. The number of nitrogens with two attached hydrogens (primary N) is 1. The van der Waals surface area contributed by atoms with Gasteiger partial charge in [-0.25, -0.2) is 0 Å². The first-order valence-electron chi connectivity index (χ1n) is 5.27. The fourth-order valence-electron chi connectivity index (χ4n) is 1.72. The maximum atomic E-state index is 12.8. The smallest absolute Gasteiger partial charge is 0.324 e. The zero-order valence-electron chi connectivity index (χ0n) is 9.32. The van der Waals surface area contributed by atoms with Crippen molar-refractivity contribution in [2.24, 2.45) is 5.73 Å². The van der Waals surface area contributed by atoms with E-state index >= 15 is 0 Å². The second kappa shape index (κ2) is 5.07. The number of hydrogen-bond acceptors (Lipinski definition) is 3. The summed E-state index contributed by atoms with van der Waals surface area (Å²) in [7, 11) is 0. The molecule has 2 rings (SSSR count). The molecule has 0 aliphatic rings. The van der Waals surface area contributed by atoms with E-state index in [2.05, 4.69) is 4.98 Å². The highest BCUT2D eigenvalue weighted by atomic mass is 32.1. The number of aromatic nitrogens is 1. The Morgan fingerprint density at radius 2 is 2.11 bits per heavy atom. The van der Waals surface area contributed by atoms with Gasteiger partial charge in [-0.05, 0) is 23.1 Å². The maximum absolute atomic E-state index is 12.8. The number of thiophene rings is 1. The van der Waals surface area contributed by atoms with Gasteiger partial charge in [0.25, 0.3) is 0 Å². The van der Waals surface area contributed by atoms with Crippen molar-refractivity contribution in [3.05, 3.63) is 52.0 Å². The van der Waals surface area contributed by atoms with Crippen LogP contribution < -0.4 is 5.73 Å². The van der Waals surface area contributed by atoms with E-state index in [1.54, 1.807) is 0 Å². The van der Waals surface area contributed by atoms with Crippen LogP contribution in [0.1, 0.15) is 22.0 Å². The normalized spacial score (nSPS) is 13.6. The lowest BCUT2D eigenvalue weighted by atomic mass is 10.00. The van der Waals surface area contributed by atoms with Crippen molar-refractivity contribution in [1.29, 1.82) is 0 Å². The summed E-state index contributed by atoms with van der Waals surface area (Å²) in [6, 6.07) is 3.97. The molecule has 2 nitrogen and oxygen atoms in total. The van der Waals surface area contributed by atoms with E-state index in [0.717, 1.165) is 17.1 Å². The summed E-state index contributed by atoms with van der Waals surface area (Å²) in [5, 5.41) is 1.87. The number of halogens is 3. The number of nitrogens with zero attached hydrogens (tertiary/aromatic N) is 1. The van der Waals surface area contributed by atoms with Gasteiger partial charge < -0.3 is 5.73 Å². The van der Waals surface area contributed by atoms with Crippen molar-refractivity contribution in [2.75, 3.05) is 0 Å². The minimum absolute atomic E-state index is 0.0402. The van der Waals surface area contributed by atoms with Crippen molar-refractivity contribution < 1.29 is 13.2 Å². The van der Waals surface area contributed by atoms with Crippen molar-refractivity contribution in [3.8, 4) is 0 Å². The van der Waals surface area contributed by atoms with Gasteiger partial charge in [-0.2, -0.15) is 13.2 Å². The van der Waals surface area contributed by atoms with E-state index in [1.165, 1.54) is 17.5 Å². The van der Waals surface area contributed by atoms with E-state index in [4.69, 9.17) is 5.73 Å². The number of pyridine rings is 1. The quantitative estimate of drug-likeness (QED) is 0.930. The van der Waals surface area contributed by atoms with E-state index in [9.17, 15) is 13.2 Å². The van der Waals surface area contributed by atoms with Crippen LogP contribution >= 0.6 is 11.3 Å². The summed E-state index contributed by atoms with van der Waals surface area (Å²) in [5.41, 5.74) is 5.18. The molecule has 6 heteroatoms. The molecule has 0 saturated carbocycles. The van der Waals surface area contributed by atoms with Crippen LogP contribution in [0.25, 0.3) is 0 Å². The molecule has 0 saturated heterocycles. The molecule has 2 N–H and O–H groups in total. The Morgan fingerprint density at radius 1 is 1.33 bits per heavy atom. The Morgan fingerprint density at radius 3 is 2.72 bits per heavy atom. The molecule has 0 aliphatic heterocycles. The van der Waals surface area contributed by atoms with Crippen LogP contribution in [0.4, 0.5) is 13.2 Å². The molecular formula is C12H11F3N2S. The van der Waals surface area contributed by atoms with Gasteiger partial charge in [-0.3, -0.25) is 4.98 Å². The van der Waals surface area contributed by atoms with Crippen molar-refractivity contribution >= 4 is 11.3 Å². The maximum Gasteiger partial charge on any atom is 0.416 e. The highest BCUT2D eigenvalue weighted by Crippen LogP contribution is 2.34. The predicted octanol–water partition coefficient (Wildman–Crippen LogP) is 3.40. The van der Waals surface area contributed by atoms with Gasteiger partial charge in [-0.15, -0.1) is 11.3 Å². The first-order chi connectivity index (χ1) is 8.48. The molecule has 1 atom stereocenters. The lowest BCUT2D eigenvalue weighted by molar-refractivity contribution is -0.138. The molecule has 0 amide bonds. The Bertz CT molecular complexity index is 508. The predicted molar refractivity (Wildman–Crippen MR) is 64.2 cm³/mol. The molecule has 96 valence electrons. The lowest BCUT2D eigenvalue weighted by Crippen LogP contribution is -2.19. The van der Waals surface area contributed by atoms with Crippen LogP contribution in [-0.4, -0.2) is 4.98 Å². The molecule has 0 bridgehead atoms. The third kappa shape index (κ3) is 2.88. The fourth-order valence-corrected chi connectivity index (χ4v) is 2.48. The molecule has 0 spiro atoms. The molecule has 0 radical (unpaired) electrons. The first kappa shape index (κ1) is 13.0. The summed E-state index contributed by atoms with van der Waals surface area (Å²) >= 11 is 1.48. The summed E-state index contributed by atoms with van der Waals surface area (Å²) in [6.45, 7) is 0. The highest BCUT2D eigenvalue weighted by molar-refractivity contribution is 7.09. The van der Waals surface area contributed by atoms with Crippen LogP contribution in [0.15, 0.2) is 36.0 Å². The Balaban J connectivity index is 2.27. The van der Waals surface area contributed by atoms with Gasteiger partial charge in [0.15, 0.2) is 0 Å². The molecule has 0 aliphatic carbocycles. The molecule has 1 unspecified atom stereocenters. The second-order valence-corrected chi connectivity index (χ2v) is 4.88. The van der Waals surface area contributed by atoms with E-state index in [1.807, 2.05) is 17.5 Å². The minimum Gasteiger partial charge on any atom is -0.324 e. The van der Waals surface area contributed by atoms with Gasteiger partial charge in [0.2, 0.25) is 0 Å². The highest BCUT2D eigenvalue weighted by Gasteiger charge is 2.34. The van der Waals surface area contributed by atoms with Crippen LogP contribution in [0, 0.1) is 0 Å². The standard InChI is InChI=1S/C12H11F3N2S/c13-12(14,15)10-3-4-17-7-9(10)11(16)6-8-2-1-5-18-8/h1-5,7,11H,6,16H2. The molecule has 2 aromatic rings. The van der Waals surface area contributed by atoms with Gasteiger partial charge in [0, 0.05) is 29.7 Å². The monoisotopic (exact) mass is 272 g/mol. The number of hydrogen-bond donors (Lipinski definition) is 1. The van der Waals surface area contributed by atoms with Crippen molar-refractivity contribution in [3.63, 3.8) is 0 Å². The SMILES string of the molecule is NC(Cc1cccs1)c1cnccc1C(F)(F)F. The Labute approximate surface area is 106 Å². The van der Waals surface area contributed by atoms with Crippen molar-refractivity contribution in [2.45, 2.75) is 18.6 Å². The Kier molecular flexibility index (Phi) is 3.68. The summed E-state index contributed by atoms with van der Waals surface area (Å²) < 4.78 is 38.4. The third-order valence-corrected chi connectivity index (χ3v) is 3.46. The first-order valence-corrected chi connectivity index (χ1v) is 6.15. The third-order valence-electron chi connectivity index (χ3n) is 2.56. The van der Waals surface area contributed by atoms with Crippen LogP contribution in [0.2, 0.25) is 0 Å². The van der Waals surface area contributed by atoms with E-state index in [0.29, 0.717) is 6.42 Å². The van der Waals surface area contributed by atoms with E-state index < -0.39 is 17.8 Å². The topological polar surface area (TPSA) is 38.9 Å². The second-order valence-electron chi connectivity index (χ2n) is 3.85. The average molecular weight is 272 g/mol. The van der Waals surface area contributed by atoms with Crippen LogP contribution in [-0.2, 0) is 12.6 Å². The average Bonchev–Trinajstić information content (AvgIpc) is 2.80. The molecule has 18 heavy (non-hydrogen) atoms. The summed E-state index contributed by atoms with van der Waals surface area (Å²) in [4.78, 5) is 4.69. The number of rotatable bonds is 3. The Hall–Kier alpha value is -1.40. The lowest BCUT2D eigenvalue weighted by Gasteiger charge is -2.17. The van der Waals surface area contributed by atoms with Crippen LogP contribution in [0.5, 0.6) is 0 Å². The zero-order valence-corrected chi connectivity index (χ0v) is 10.1. The zero-order chi connectivity index (χ0) is 13.2. The van der Waals surface area contributed by atoms with Crippen LogP contribution in [0.3, 0.4) is 0 Å². The number of alkyl halides is 3.